The molecule has 0 saturated heterocycles. The number of rotatable bonds is 4. The zero-order valence-corrected chi connectivity index (χ0v) is 10.1. The Balaban J connectivity index is 1.94. The third kappa shape index (κ3) is 2.84. The zero-order chi connectivity index (χ0) is 11.4. The number of aryl methyl sites for hydroxylation is 1. The molecule has 1 aromatic heterocycles. The van der Waals surface area contributed by atoms with Gasteiger partial charge in [-0.2, -0.15) is 0 Å². The van der Waals surface area contributed by atoms with Gasteiger partial charge in [0.1, 0.15) is 12.4 Å². The summed E-state index contributed by atoms with van der Waals surface area (Å²) in [4.78, 5) is 2.41. The van der Waals surface area contributed by atoms with E-state index in [4.69, 9.17) is 10.5 Å². The first-order valence-corrected chi connectivity index (χ1v) is 6.06. The Hall–Kier alpha value is -1.32. The van der Waals surface area contributed by atoms with Crippen molar-refractivity contribution in [3.05, 3.63) is 51.7 Å². The van der Waals surface area contributed by atoms with Crippen LogP contribution in [0.1, 0.15) is 15.3 Å². The van der Waals surface area contributed by atoms with E-state index < -0.39 is 0 Å². The highest BCUT2D eigenvalue weighted by Gasteiger charge is 1.99. The van der Waals surface area contributed by atoms with Gasteiger partial charge in [0.15, 0.2) is 0 Å². The van der Waals surface area contributed by atoms with Crippen LogP contribution in [-0.2, 0) is 13.2 Å². The molecule has 1 aromatic carbocycles. The average Bonchev–Trinajstić information content (AvgIpc) is 2.76. The van der Waals surface area contributed by atoms with Crippen molar-refractivity contribution < 1.29 is 4.74 Å². The Morgan fingerprint density at radius 1 is 1.06 bits per heavy atom. The highest BCUT2D eigenvalue weighted by atomic mass is 32.1. The lowest BCUT2D eigenvalue weighted by molar-refractivity contribution is 0.310. The molecule has 0 radical (unpaired) electrons. The van der Waals surface area contributed by atoms with Gasteiger partial charge in [0.2, 0.25) is 0 Å². The molecule has 0 unspecified atom stereocenters. The molecule has 16 heavy (non-hydrogen) atoms. The summed E-state index contributed by atoms with van der Waals surface area (Å²) in [6.45, 7) is 3.29. The monoisotopic (exact) mass is 233 g/mol. The van der Waals surface area contributed by atoms with Gasteiger partial charge < -0.3 is 10.5 Å². The molecule has 0 aliphatic carbocycles. The van der Waals surface area contributed by atoms with Crippen molar-refractivity contribution in [2.75, 3.05) is 0 Å². The Bertz CT molecular complexity index is 447. The minimum Gasteiger partial charge on any atom is -0.488 e. The van der Waals surface area contributed by atoms with Gasteiger partial charge in [0.25, 0.3) is 0 Å². The van der Waals surface area contributed by atoms with Crippen LogP contribution in [0.3, 0.4) is 0 Å². The van der Waals surface area contributed by atoms with E-state index in [-0.39, 0.29) is 0 Å². The normalized spacial score (nSPS) is 10.4. The first-order valence-electron chi connectivity index (χ1n) is 5.25. The summed E-state index contributed by atoms with van der Waals surface area (Å²) in [5.41, 5.74) is 6.80. The Morgan fingerprint density at radius 3 is 2.38 bits per heavy atom. The molecule has 0 atom stereocenters. The van der Waals surface area contributed by atoms with E-state index in [0.29, 0.717) is 13.2 Å². The van der Waals surface area contributed by atoms with E-state index in [1.165, 1.54) is 15.3 Å². The lowest BCUT2D eigenvalue weighted by Crippen LogP contribution is -1.93. The van der Waals surface area contributed by atoms with Crippen LogP contribution in [0.25, 0.3) is 0 Å². The van der Waals surface area contributed by atoms with Crippen LogP contribution in [0.15, 0.2) is 36.4 Å². The van der Waals surface area contributed by atoms with Gasteiger partial charge in [0, 0.05) is 16.3 Å². The maximum atomic E-state index is 5.67. The second-order valence-corrected chi connectivity index (χ2v) is 4.93. The van der Waals surface area contributed by atoms with Crippen LogP contribution in [0.4, 0.5) is 0 Å². The Kier molecular flexibility index (Phi) is 3.59. The summed E-state index contributed by atoms with van der Waals surface area (Å²) in [5, 5.41) is 0. The molecule has 0 fully saturated rings. The van der Waals surface area contributed by atoms with E-state index >= 15 is 0 Å². The van der Waals surface area contributed by atoms with Crippen LogP contribution in [-0.4, -0.2) is 0 Å². The third-order valence-electron chi connectivity index (χ3n) is 2.32. The minimum atomic E-state index is 0.606. The topological polar surface area (TPSA) is 35.2 Å². The molecule has 0 saturated carbocycles. The van der Waals surface area contributed by atoms with Gasteiger partial charge in [-0.25, -0.2) is 0 Å². The first kappa shape index (κ1) is 11.2. The standard InChI is InChI=1S/C13H15NOS/c1-10-2-4-11(5-3-10)15-9-13-7-6-12(8-14)16-13/h2-7H,8-9,14H2,1H3. The third-order valence-corrected chi connectivity index (χ3v) is 3.40. The van der Waals surface area contributed by atoms with Gasteiger partial charge in [-0.15, -0.1) is 11.3 Å². The second-order valence-electron chi connectivity index (χ2n) is 3.67. The van der Waals surface area contributed by atoms with Crippen LogP contribution < -0.4 is 10.5 Å². The molecule has 1 heterocycles. The molecule has 0 spiro atoms. The smallest absolute Gasteiger partial charge is 0.122 e. The quantitative estimate of drug-likeness (QED) is 0.880. The Labute approximate surface area is 99.7 Å². The van der Waals surface area contributed by atoms with Crippen molar-refractivity contribution in [3.8, 4) is 5.75 Å². The summed E-state index contributed by atoms with van der Waals surface area (Å²) in [7, 11) is 0. The van der Waals surface area contributed by atoms with Crippen molar-refractivity contribution in [3.63, 3.8) is 0 Å². The van der Waals surface area contributed by atoms with Crippen LogP contribution in [0, 0.1) is 6.92 Å². The summed E-state index contributed by atoms with van der Waals surface area (Å²) in [5.74, 6) is 0.910. The number of thiophene rings is 1. The van der Waals surface area contributed by atoms with Gasteiger partial charge in [-0.05, 0) is 31.2 Å². The summed E-state index contributed by atoms with van der Waals surface area (Å²) >= 11 is 1.71. The molecule has 0 amide bonds. The molecule has 2 N–H and O–H groups in total. The largest absolute Gasteiger partial charge is 0.488 e. The lowest BCUT2D eigenvalue weighted by Gasteiger charge is -2.04. The SMILES string of the molecule is Cc1ccc(OCc2ccc(CN)s2)cc1. The molecular weight excluding hydrogens is 218 g/mol. The number of nitrogens with two attached hydrogens (primary N) is 1. The van der Waals surface area contributed by atoms with Crippen LogP contribution in [0.2, 0.25) is 0 Å². The van der Waals surface area contributed by atoms with Crippen molar-refractivity contribution >= 4 is 11.3 Å². The Morgan fingerprint density at radius 2 is 1.75 bits per heavy atom. The molecule has 0 aliphatic heterocycles. The van der Waals surface area contributed by atoms with Crippen LogP contribution >= 0.6 is 11.3 Å². The van der Waals surface area contributed by atoms with E-state index in [1.807, 2.05) is 12.1 Å². The fourth-order valence-electron chi connectivity index (χ4n) is 1.40. The molecule has 2 aromatic rings. The fraction of sp³-hybridized carbons (Fsp3) is 0.231. The van der Waals surface area contributed by atoms with Gasteiger partial charge >= 0.3 is 0 Å². The molecule has 0 bridgehead atoms. The summed E-state index contributed by atoms with van der Waals surface area (Å²) in [6, 6.07) is 12.2. The van der Waals surface area contributed by atoms with Crippen molar-refractivity contribution in [2.45, 2.75) is 20.1 Å². The van der Waals surface area contributed by atoms with E-state index in [2.05, 4.69) is 31.2 Å². The molecule has 2 rings (SSSR count). The highest BCUT2D eigenvalue weighted by molar-refractivity contribution is 7.11. The number of benzene rings is 1. The minimum absolute atomic E-state index is 0.606. The van der Waals surface area contributed by atoms with Gasteiger partial charge in [-0.3, -0.25) is 0 Å². The molecule has 84 valence electrons. The van der Waals surface area contributed by atoms with E-state index in [9.17, 15) is 0 Å². The number of ether oxygens (including phenoxy) is 1. The predicted octanol–water partition coefficient (Wildman–Crippen LogP) is 3.09. The molecular formula is C13H15NOS. The van der Waals surface area contributed by atoms with Gasteiger partial charge in [-0.1, -0.05) is 17.7 Å². The van der Waals surface area contributed by atoms with E-state index in [1.54, 1.807) is 11.3 Å². The van der Waals surface area contributed by atoms with Crippen LogP contribution in [0.5, 0.6) is 5.75 Å². The summed E-state index contributed by atoms with van der Waals surface area (Å²) in [6.07, 6.45) is 0. The van der Waals surface area contributed by atoms with Crippen molar-refractivity contribution in [2.24, 2.45) is 5.73 Å². The zero-order valence-electron chi connectivity index (χ0n) is 9.27. The number of hydrogen-bond acceptors (Lipinski definition) is 3. The van der Waals surface area contributed by atoms with Crippen molar-refractivity contribution in [1.82, 2.24) is 0 Å². The lowest BCUT2D eigenvalue weighted by atomic mass is 10.2. The molecule has 3 heteroatoms. The predicted molar refractivity (Wildman–Crippen MR) is 67.7 cm³/mol. The average molecular weight is 233 g/mol. The molecule has 0 aliphatic rings. The second kappa shape index (κ2) is 5.14. The highest BCUT2D eigenvalue weighted by Crippen LogP contribution is 2.19. The number of hydrogen-bond donors (Lipinski definition) is 1. The first-order chi connectivity index (χ1) is 7.78. The maximum Gasteiger partial charge on any atom is 0.122 e. The molecule has 2 nitrogen and oxygen atoms in total. The maximum absolute atomic E-state index is 5.67. The fourth-order valence-corrected chi connectivity index (χ4v) is 2.21. The van der Waals surface area contributed by atoms with Gasteiger partial charge in [0.05, 0.1) is 0 Å². The van der Waals surface area contributed by atoms with E-state index in [0.717, 1.165) is 5.75 Å². The van der Waals surface area contributed by atoms with Crippen molar-refractivity contribution in [1.29, 1.82) is 0 Å². The summed E-state index contributed by atoms with van der Waals surface area (Å²) < 4.78 is 5.67.